The van der Waals surface area contributed by atoms with Crippen LogP contribution in [0.5, 0.6) is 0 Å². The Bertz CT molecular complexity index is 2160. The fourth-order valence-electron chi connectivity index (χ4n) is 5.86. The molecule has 1 aliphatic carbocycles. The molecule has 7 rings (SSSR count). The molecule has 5 heterocycles. The van der Waals surface area contributed by atoms with Crippen molar-refractivity contribution in [2.75, 3.05) is 5.32 Å². The van der Waals surface area contributed by atoms with E-state index in [0.717, 1.165) is 35.0 Å². The van der Waals surface area contributed by atoms with Crippen molar-refractivity contribution in [3.05, 3.63) is 90.8 Å². The zero-order valence-corrected chi connectivity index (χ0v) is 25.0. The summed E-state index contributed by atoms with van der Waals surface area (Å²) in [4.78, 5) is 34.5. The zero-order chi connectivity index (χ0) is 31.1. The van der Waals surface area contributed by atoms with Crippen molar-refractivity contribution >= 4 is 38.3 Å². The fraction of sp³-hybridized carbons (Fsp3) is 0.258. The Hall–Kier alpha value is -5.11. The van der Waals surface area contributed by atoms with Gasteiger partial charge in [0, 0.05) is 48.1 Å². The van der Waals surface area contributed by atoms with Crippen LogP contribution in [0.25, 0.3) is 28.1 Å². The van der Waals surface area contributed by atoms with Gasteiger partial charge in [-0.3, -0.25) is 4.79 Å². The van der Waals surface area contributed by atoms with Crippen molar-refractivity contribution in [3.63, 3.8) is 0 Å². The third kappa shape index (κ3) is 5.52. The van der Waals surface area contributed by atoms with Crippen molar-refractivity contribution in [3.8, 4) is 11.4 Å². The minimum atomic E-state index is -4.01. The second-order valence-corrected chi connectivity index (χ2v) is 13.1. The number of hydrogen-bond donors (Lipinski definition) is 1. The predicted octanol–water partition coefficient (Wildman–Crippen LogP) is 4.86. The second-order valence-electron chi connectivity index (χ2n) is 11.3. The zero-order valence-electron chi connectivity index (χ0n) is 24.2. The van der Waals surface area contributed by atoms with Crippen molar-refractivity contribution in [2.24, 2.45) is 5.92 Å². The third-order valence-electron chi connectivity index (χ3n) is 8.14. The molecule has 1 aromatic carbocycles. The molecule has 228 valence electrons. The van der Waals surface area contributed by atoms with Crippen LogP contribution in [0.3, 0.4) is 0 Å². The molecule has 0 radical (unpaired) electrons. The number of hydrogen-bond acceptors (Lipinski definition) is 10. The molecule has 1 fully saturated rings. The Kier molecular flexibility index (Phi) is 7.28. The molecule has 0 saturated heterocycles. The Morgan fingerprint density at radius 2 is 1.91 bits per heavy atom. The minimum Gasteiger partial charge on any atom is -0.365 e. The number of fused-ring (bicyclic) bond motifs is 2. The number of benzene rings is 1. The number of rotatable bonds is 8. The lowest BCUT2D eigenvalue weighted by Crippen LogP contribution is -2.29. The Morgan fingerprint density at radius 3 is 2.76 bits per heavy atom. The van der Waals surface area contributed by atoms with E-state index in [1.54, 1.807) is 41.2 Å². The average Bonchev–Trinajstić information content (AvgIpc) is 3.68. The van der Waals surface area contributed by atoms with Gasteiger partial charge in [0.2, 0.25) is 0 Å². The first-order valence-electron chi connectivity index (χ1n) is 14.5. The van der Waals surface area contributed by atoms with Crippen LogP contribution in [-0.4, -0.2) is 58.7 Å². The highest BCUT2D eigenvalue weighted by atomic mass is 32.2. The van der Waals surface area contributed by atoms with Crippen molar-refractivity contribution in [1.29, 1.82) is 0 Å². The molecule has 1 saturated carbocycles. The molecule has 0 bridgehead atoms. The number of carbonyl (C=O) groups is 1. The maximum atomic E-state index is 15.0. The number of carbonyl (C=O) groups excluding carboxylic acids is 1. The van der Waals surface area contributed by atoms with Gasteiger partial charge in [0.25, 0.3) is 10.0 Å². The smallest absolute Gasteiger partial charge is 0.269 e. The van der Waals surface area contributed by atoms with E-state index in [9.17, 15) is 13.2 Å². The van der Waals surface area contributed by atoms with Crippen LogP contribution >= 0.6 is 0 Å². The molecule has 0 unspecified atom stereocenters. The summed E-state index contributed by atoms with van der Waals surface area (Å²) in [7, 11) is -4.01. The van der Waals surface area contributed by atoms with Gasteiger partial charge in [-0.25, -0.2) is 46.2 Å². The number of aryl methyl sites for hydroxylation is 1. The van der Waals surface area contributed by atoms with E-state index in [0.29, 0.717) is 35.1 Å². The highest BCUT2D eigenvalue weighted by Gasteiger charge is 2.27. The van der Waals surface area contributed by atoms with E-state index in [-0.39, 0.29) is 39.9 Å². The summed E-state index contributed by atoms with van der Waals surface area (Å²) in [5, 5.41) is 7.74. The number of nitrogens with one attached hydrogen (secondary N) is 1. The lowest BCUT2D eigenvalue weighted by Gasteiger charge is -2.29. The van der Waals surface area contributed by atoms with E-state index < -0.39 is 15.8 Å². The predicted molar refractivity (Wildman–Crippen MR) is 164 cm³/mol. The van der Waals surface area contributed by atoms with Crippen LogP contribution in [0.4, 0.5) is 10.2 Å². The summed E-state index contributed by atoms with van der Waals surface area (Å²) in [6.07, 6.45) is 12.1. The van der Waals surface area contributed by atoms with Gasteiger partial charge in [-0.1, -0.05) is 24.1 Å². The van der Waals surface area contributed by atoms with Gasteiger partial charge in [0.05, 0.1) is 17.3 Å². The van der Waals surface area contributed by atoms with Gasteiger partial charge in [-0.15, -0.1) is 0 Å². The lowest BCUT2D eigenvalue weighted by atomic mass is 9.82. The fourth-order valence-corrected chi connectivity index (χ4v) is 7.18. The maximum Gasteiger partial charge on any atom is 0.269 e. The Labute approximate surface area is 257 Å². The number of Topliss-reactive ketones (excluding diaryl/α,β-unsaturated/α-hetero) is 1. The first-order valence-corrected chi connectivity index (χ1v) is 16.0. The van der Waals surface area contributed by atoms with Gasteiger partial charge in [-0.05, 0) is 50.3 Å². The van der Waals surface area contributed by atoms with Crippen LogP contribution in [0.15, 0.2) is 78.6 Å². The second kappa shape index (κ2) is 11.4. The van der Waals surface area contributed by atoms with Crippen LogP contribution < -0.4 is 5.32 Å². The minimum absolute atomic E-state index is 0.00367. The van der Waals surface area contributed by atoms with Gasteiger partial charge in [0.15, 0.2) is 34.5 Å². The van der Waals surface area contributed by atoms with Crippen molar-refractivity contribution in [2.45, 2.75) is 50.0 Å². The van der Waals surface area contributed by atoms with Crippen molar-refractivity contribution < 1.29 is 17.6 Å². The summed E-state index contributed by atoms with van der Waals surface area (Å²) >= 11 is 0. The Balaban J connectivity index is 1.13. The largest absolute Gasteiger partial charge is 0.365 e. The average molecular weight is 626 g/mol. The molecule has 45 heavy (non-hydrogen) atoms. The number of anilines is 1. The summed E-state index contributed by atoms with van der Waals surface area (Å²) in [6, 6.07) is 9.81. The van der Waals surface area contributed by atoms with Crippen LogP contribution in [0.2, 0.25) is 0 Å². The normalized spacial score (nSPS) is 17.1. The molecule has 1 N–H and O–H groups in total. The maximum absolute atomic E-state index is 15.0. The first kappa shape index (κ1) is 28.6. The van der Waals surface area contributed by atoms with Gasteiger partial charge in [0.1, 0.15) is 12.0 Å². The topological polar surface area (TPSA) is 150 Å². The van der Waals surface area contributed by atoms with E-state index in [2.05, 4.69) is 35.3 Å². The summed E-state index contributed by atoms with van der Waals surface area (Å²) in [6.45, 7) is 1.87. The van der Waals surface area contributed by atoms with Crippen LogP contribution in [0, 0.1) is 18.7 Å². The molecule has 0 aliphatic heterocycles. The number of ketones is 1. The van der Waals surface area contributed by atoms with Crippen molar-refractivity contribution in [1.82, 2.24) is 38.5 Å². The molecule has 0 spiro atoms. The van der Waals surface area contributed by atoms with Gasteiger partial charge in [-0.2, -0.15) is 5.10 Å². The Morgan fingerprint density at radius 1 is 1.07 bits per heavy atom. The lowest BCUT2D eigenvalue weighted by molar-refractivity contribution is 0.0943. The monoisotopic (exact) mass is 625 g/mol. The van der Waals surface area contributed by atoms with Crippen LogP contribution in [0.1, 0.15) is 48.2 Å². The number of nitrogens with zero attached hydrogens (tertiary/aromatic N) is 8. The van der Waals surface area contributed by atoms with E-state index in [4.69, 9.17) is 0 Å². The van der Waals surface area contributed by atoms with E-state index in [1.165, 1.54) is 30.9 Å². The first-order chi connectivity index (χ1) is 21.8. The molecule has 14 heteroatoms. The highest BCUT2D eigenvalue weighted by molar-refractivity contribution is 7.90. The molecule has 1 aliphatic rings. The quantitative estimate of drug-likeness (QED) is 0.232. The van der Waals surface area contributed by atoms with E-state index >= 15 is 4.39 Å². The number of aromatic nitrogens is 8. The number of halogens is 1. The summed E-state index contributed by atoms with van der Waals surface area (Å²) in [5.74, 6) is -0.455. The molecule has 12 nitrogen and oxygen atoms in total. The SMILES string of the molecule is Cc1ccc(S(=O)(=O)n2cc(-c3ncc(F)c(N[C@H]4CCC[C@@H](CC(=O)c5ccn6nccc6n5)C4)n3)c3cncnc32)cc1. The molecule has 5 aromatic heterocycles. The van der Waals surface area contributed by atoms with Gasteiger partial charge < -0.3 is 5.32 Å². The molecule has 2 atom stereocenters. The molecular weight excluding hydrogens is 597 g/mol. The standard InChI is InChI=1S/C31H28FN9O3S/c1-19-5-7-22(8-6-19)45(43,44)41-17-24(23-15-33-18-35-31(23)41)29-34-16-25(32)30(39-29)37-21-4-2-3-20(13-21)14-27(42)26-10-12-40-28(38-26)9-11-36-40/h5-12,15-18,20-21H,2-4,13-14H2,1H3,(H,34,37,39)/t20-,21+/m1/s1. The van der Waals surface area contributed by atoms with Crippen LogP contribution in [-0.2, 0) is 10.0 Å². The van der Waals surface area contributed by atoms with E-state index in [1.807, 2.05) is 6.92 Å². The summed E-state index contributed by atoms with van der Waals surface area (Å²) in [5.41, 5.74) is 2.44. The third-order valence-corrected chi connectivity index (χ3v) is 9.80. The highest BCUT2D eigenvalue weighted by Crippen LogP contribution is 2.33. The molecule has 6 aromatic rings. The molecular formula is C31H28FN9O3S. The van der Waals surface area contributed by atoms with Gasteiger partial charge >= 0.3 is 0 Å². The molecule has 0 amide bonds. The summed E-state index contributed by atoms with van der Waals surface area (Å²) < 4.78 is 44.9.